The van der Waals surface area contributed by atoms with E-state index in [1.54, 1.807) is 30.4 Å². The van der Waals surface area contributed by atoms with Gasteiger partial charge in [0, 0.05) is 36.4 Å². The standard InChI is InChI=1S/C23H28N4O3/c1-3-30-22(28)21-18-11-6-7-12-19(18)26-20(21)13-5-4-8-15-25-23(29)27(2)17-10-9-14-24-16-17/h6-7,9-12,14,16,26H,3-5,8,13,15H2,1-2H3,(H,25,29). The second kappa shape index (κ2) is 10.4. The number of ether oxygens (including phenoxy) is 1. The second-order valence-corrected chi connectivity index (χ2v) is 7.06. The molecular formula is C23H28N4O3. The molecule has 0 atom stereocenters. The molecule has 0 unspecified atom stereocenters. The van der Waals surface area contributed by atoms with E-state index in [0.29, 0.717) is 18.7 Å². The highest BCUT2D eigenvalue weighted by Crippen LogP contribution is 2.24. The Labute approximate surface area is 176 Å². The normalized spacial score (nSPS) is 10.7. The van der Waals surface area contributed by atoms with Crippen LogP contribution in [0.4, 0.5) is 10.5 Å². The first kappa shape index (κ1) is 21.4. The quantitative estimate of drug-likeness (QED) is 0.408. The molecule has 0 saturated heterocycles. The Morgan fingerprint density at radius 3 is 2.73 bits per heavy atom. The zero-order valence-electron chi connectivity index (χ0n) is 17.5. The van der Waals surface area contributed by atoms with Crippen LogP contribution in [0.3, 0.4) is 0 Å². The lowest BCUT2D eigenvalue weighted by molar-refractivity contribution is 0.0527. The molecule has 2 heterocycles. The zero-order valence-corrected chi connectivity index (χ0v) is 17.5. The monoisotopic (exact) mass is 408 g/mol. The van der Waals surface area contributed by atoms with E-state index in [9.17, 15) is 9.59 Å². The van der Waals surface area contributed by atoms with E-state index >= 15 is 0 Å². The van der Waals surface area contributed by atoms with Crippen LogP contribution in [0.25, 0.3) is 10.9 Å². The molecule has 30 heavy (non-hydrogen) atoms. The van der Waals surface area contributed by atoms with E-state index < -0.39 is 0 Å². The number of nitrogens with zero attached hydrogens (tertiary/aromatic N) is 2. The molecule has 0 bridgehead atoms. The third-order valence-electron chi connectivity index (χ3n) is 4.98. The third-order valence-corrected chi connectivity index (χ3v) is 4.98. The Hall–Kier alpha value is -3.35. The molecule has 2 N–H and O–H groups in total. The lowest BCUT2D eigenvalue weighted by atomic mass is 10.1. The number of aromatic amines is 1. The fraction of sp³-hybridized carbons (Fsp3) is 0.348. The van der Waals surface area contributed by atoms with Gasteiger partial charge in [-0.25, -0.2) is 9.59 Å². The van der Waals surface area contributed by atoms with Crippen molar-refractivity contribution in [1.29, 1.82) is 0 Å². The van der Waals surface area contributed by atoms with Crippen LogP contribution in [0.5, 0.6) is 0 Å². The number of unbranched alkanes of at least 4 members (excludes halogenated alkanes) is 2. The van der Waals surface area contributed by atoms with Gasteiger partial charge in [0.1, 0.15) is 0 Å². The molecular weight excluding hydrogens is 380 g/mol. The second-order valence-electron chi connectivity index (χ2n) is 7.06. The molecule has 0 saturated carbocycles. The van der Waals surface area contributed by atoms with Gasteiger partial charge in [-0.3, -0.25) is 9.88 Å². The molecule has 2 aromatic heterocycles. The summed E-state index contributed by atoms with van der Waals surface area (Å²) in [6.45, 7) is 2.76. The first-order chi connectivity index (χ1) is 14.6. The largest absolute Gasteiger partial charge is 0.462 e. The summed E-state index contributed by atoms with van der Waals surface area (Å²) < 4.78 is 5.25. The van der Waals surface area contributed by atoms with Gasteiger partial charge in [-0.1, -0.05) is 24.6 Å². The van der Waals surface area contributed by atoms with Crippen LogP contribution in [0.1, 0.15) is 42.2 Å². The maximum Gasteiger partial charge on any atom is 0.340 e. The third kappa shape index (κ3) is 5.17. The maximum absolute atomic E-state index is 12.4. The number of H-pyrrole nitrogens is 1. The highest BCUT2D eigenvalue weighted by molar-refractivity contribution is 6.05. The number of anilines is 1. The minimum absolute atomic E-state index is 0.150. The minimum Gasteiger partial charge on any atom is -0.462 e. The van der Waals surface area contributed by atoms with Crippen LogP contribution in [0.2, 0.25) is 0 Å². The molecule has 0 radical (unpaired) electrons. The van der Waals surface area contributed by atoms with Gasteiger partial charge in [0.25, 0.3) is 0 Å². The molecule has 7 nitrogen and oxygen atoms in total. The smallest absolute Gasteiger partial charge is 0.340 e. The van der Waals surface area contributed by atoms with Crippen molar-refractivity contribution in [3.05, 3.63) is 60.0 Å². The van der Waals surface area contributed by atoms with Crippen LogP contribution in [0, 0.1) is 0 Å². The summed E-state index contributed by atoms with van der Waals surface area (Å²) in [7, 11) is 1.72. The first-order valence-electron chi connectivity index (χ1n) is 10.3. The van der Waals surface area contributed by atoms with Crippen molar-refractivity contribution >= 4 is 28.6 Å². The summed E-state index contributed by atoms with van der Waals surface area (Å²) in [6, 6.07) is 11.3. The summed E-state index contributed by atoms with van der Waals surface area (Å²) in [4.78, 5) is 33.6. The van der Waals surface area contributed by atoms with E-state index in [1.807, 2.05) is 37.3 Å². The van der Waals surface area contributed by atoms with Crippen LogP contribution >= 0.6 is 0 Å². The Morgan fingerprint density at radius 1 is 1.13 bits per heavy atom. The molecule has 3 rings (SSSR count). The lowest BCUT2D eigenvalue weighted by Gasteiger charge is -2.17. The summed E-state index contributed by atoms with van der Waals surface area (Å²) in [5, 5.41) is 3.82. The van der Waals surface area contributed by atoms with Gasteiger partial charge < -0.3 is 15.0 Å². The Balaban J connectivity index is 1.48. The average Bonchev–Trinajstić information content (AvgIpc) is 3.14. The van der Waals surface area contributed by atoms with Crippen molar-refractivity contribution < 1.29 is 14.3 Å². The number of carbonyl (C=O) groups is 2. The van der Waals surface area contributed by atoms with E-state index in [-0.39, 0.29) is 12.0 Å². The molecule has 0 aliphatic carbocycles. The van der Waals surface area contributed by atoms with Crippen LogP contribution in [-0.2, 0) is 11.2 Å². The number of urea groups is 1. The minimum atomic E-state index is -0.282. The van der Waals surface area contributed by atoms with E-state index in [0.717, 1.165) is 48.0 Å². The van der Waals surface area contributed by atoms with E-state index in [2.05, 4.69) is 15.3 Å². The van der Waals surface area contributed by atoms with Crippen LogP contribution in [-0.4, -0.2) is 42.2 Å². The highest BCUT2D eigenvalue weighted by atomic mass is 16.5. The van der Waals surface area contributed by atoms with Crippen molar-refractivity contribution in [3.63, 3.8) is 0 Å². The van der Waals surface area contributed by atoms with Crippen molar-refractivity contribution in [3.8, 4) is 0 Å². The number of fused-ring (bicyclic) bond motifs is 1. The summed E-state index contributed by atoms with van der Waals surface area (Å²) in [5.41, 5.74) is 3.25. The Kier molecular flexibility index (Phi) is 7.43. The number of benzene rings is 1. The van der Waals surface area contributed by atoms with Gasteiger partial charge in [0.15, 0.2) is 0 Å². The number of aryl methyl sites for hydroxylation is 1. The van der Waals surface area contributed by atoms with Gasteiger partial charge >= 0.3 is 12.0 Å². The number of para-hydroxylation sites is 1. The maximum atomic E-state index is 12.4. The number of carbonyl (C=O) groups excluding carboxylic acids is 2. The average molecular weight is 409 g/mol. The fourth-order valence-electron chi connectivity index (χ4n) is 3.41. The number of pyridine rings is 1. The molecule has 3 aromatic rings. The summed E-state index contributed by atoms with van der Waals surface area (Å²) >= 11 is 0. The van der Waals surface area contributed by atoms with Crippen molar-refractivity contribution in [2.75, 3.05) is 25.1 Å². The van der Waals surface area contributed by atoms with Crippen LogP contribution < -0.4 is 10.2 Å². The number of hydrogen-bond acceptors (Lipinski definition) is 4. The van der Waals surface area contributed by atoms with E-state index in [4.69, 9.17) is 4.74 Å². The SMILES string of the molecule is CCOC(=O)c1c(CCCCCNC(=O)N(C)c2cccnc2)[nH]c2ccccc12. The zero-order chi connectivity index (χ0) is 21.3. The molecule has 0 aliphatic heterocycles. The lowest BCUT2D eigenvalue weighted by Crippen LogP contribution is -2.37. The predicted molar refractivity (Wildman–Crippen MR) is 118 cm³/mol. The van der Waals surface area contributed by atoms with Gasteiger partial charge in [0.2, 0.25) is 0 Å². The molecule has 7 heteroatoms. The van der Waals surface area contributed by atoms with Crippen molar-refractivity contribution in [1.82, 2.24) is 15.3 Å². The van der Waals surface area contributed by atoms with Gasteiger partial charge in [0.05, 0.1) is 24.1 Å². The number of esters is 1. The molecule has 2 amide bonds. The Morgan fingerprint density at radius 2 is 1.97 bits per heavy atom. The fourth-order valence-corrected chi connectivity index (χ4v) is 3.41. The number of rotatable bonds is 9. The molecule has 0 aliphatic rings. The highest BCUT2D eigenvalue weighted by Gasteiger charge is 2.19. The van der Waals surface area contributed by atoms with E-state index in [1.165, 1.54) is 0 Å². The van der Waals surface area contributed by atoms with Gasteiger partial charge in [-0.15, -0.1) is 0 Å². The van der Waals surface area contributed by atoms with Gasteiger partial charge in [-0.2, -0.15) is 0 Å². The predicted octanol–water partition coefficient (Wildman–Crippen LogP) is 4.30. The Bertz CT molecular complexity index is 985. The molecule has 0 fully saturated rings. The molecule has 0 spiro atoms. The van der Waals surface area contributed by atoms with Crippen molar-refractivity contribution in [2.45, 2.75) is 32.6 Å². The van der Waals surface area contributed by atoms with Crippen molar-refractivity contribution in [2.24, 2.45) is 0 Å². The topological polar surface area (TPSA) is 87.3 Å². The number of amides is 2. The first-order valence-corrected chi connectivity index (χ1v) is 10.3. The molecule has 158 valence electrons. The van der Waals surface area contributed by atoms with Gasteiger partial charge in [-0.05, 0) is 44.4 Å². The molecule has 1 aromatic carbocycles. The summed E-state index contributed by atoms with van der Waals surface area (Å²) in [5.74, 6) is -0.282. The summed E-state index contributed by atoms with van der Waals surface area (Å²) in [6.07, 6.45) is 6.80. The number of aromatic nitrogens is 2. The number of nitrogens with one attached hydrogen (secondary N) is 2. The number of hydrogen-bond donors (Lipinski definition) is 2. The van der Waals surface area contributed by atoms with Crippen LogP contribution in [0.15, 0.2) is 48.8 Å².